The van der Waals surface area contributed by atoms with Gasteiger partial charge in [0.2, 0.25) is 0 Å². The van der Waals surface area contributed by atoms with E-state index >= 15 is 0 Å². The first-order valence-electron chi connectivity index (χ1n) is 1.93. The highest BCUT2D eigenvalue weighted by molar-refractivity contribution is 14.1. The number of rotatable bonds is 2. The molecule has 0 nitrogen and oxygen atoms in total. The van der Waals surface area contributed by atoms with Gasteiger partial charge >= 0.3 is 0 Å². The van der Waals surface area contributed by atoms with Gasteiger partial charge in [-0.05, 0) is 6.92 Å². The van der Waals surface area contributed by atoms with Gasteiger partial charge in [-0.15, -0.1) is 11.6 Å². The maximum absolute atomic E-state index is 12.4. The molecule has 0 saturated carbocycles. The Balaban J connectivity index is 3.36. The Morgan fingerprint density at radius 3 is 2.29 bits per heavy atom. The Kier molecular flexibility index (Phi) is 3.49. The van der Waals surface area contributed by atoms with Crippen LogP contribution < -0.4 is 0 Å². The van der Waals surface area contributed by atoms with E-state index in [2.05, 4.69) is 0 Å². The Morgan fingerprint density at radius 2 is 2.29 bits per heavy atom. The molecule has 0 aromatic heterocycles. The molecule has 0 aliphatic carbocycles. The van der Waals surface area contributed by atoms with Gasteiger partial charge in [0, 0.05) is 4.43 Å². The van der Waals surface area contributed by atoms with Gasteiger partial charge < -0.3 is 0 Å². The number of alkyl halides is 3. The summed E-state index contributed by atoms with van der Waals surface area (Å²) in [6, 6.07) is 0. The van der Waals surface area contributed by atoms with E-state index in [-0.39, 0.29) is 5.88 Å². The Bertz CT molecular complexity index is 49.7. The van der Waals surface area contributed by atoms with Gasteiger partial charge in [-0.3, -0.25) is 0 Å². The minimum atomic E-state index is -1.16. The number of halogens is 3. The highest BCUT2D eigenvalue weighted by Crippen LogP contribution is 2.14. The van der Waals surface area contributed by atoms with E-state index in [9.17, 15) is 4.39 Å². The molecule has 0 heterocycles. The van der Waals surface area contributed by atoms with E-state index in [1.165, 1.54) is 6.92 Å². The fraction of sp³-hybridized carbons (Fsp3) is 1.00. The van der Waals surface area contributed by atoms with E-state index < -0.39 is 5.67 Å². The fourth-order valence-electron chi connectivity index (χ4n) is 0.0357. The van der Waals surface area contributed by atoms with Crippen molar-refractivity contribution < 1.29 is 4.39 Å². The highest BCUT2D eigenvalue weighted by Gasteiger charge is 2.18. The molecule has 0 amide bonds. The molecule has 0 aromatic rings. The predicted octanol–water partition coefficient (Wildman–Crippen LogP) is 2.39. The van der Waals surface area contributed by atoms with Gasteiger partial charge in [0.15, 0.2) is 0 Å². The largest absolute Gasteiger partial charge is 0.242 e. The molecule has 0 bridgehead atoms. The average molecular weight is 236 g/mol. The van der Waals surface area contributed by atoms with Crippen LogP contribution in [0, 0.1) is 0 Å². The summed E-state index contributed by atoms with van der Waals surface area (Å²) in [6.07, 6.45) is 0. The van der Waals surface area contributed by atoms with Crippen molar-refractivity contribution in [3.8, 4) is 0 Å². The van der Waals surface area contributed by atoms with Crippen LogP contribution in [0.3, 0.4) is 0 Å². The van der Waals surface area contributed by atoms with Gasteiger partial charge in [0.25, 0.3) is 0 Å². The van der Waals surface area contributed by atoms with E-state index in [0.29, 0.717) is 4.43 Å². The lowest BCUT2D eigenvalue weighted by molar-refractivity contribution is 0.262. The van der Waals surface area contributed by atoms with Crippen LogP contribution in [-0.2, 0) is 0 Å². The van der Waals surface area contributed by atoms with Crippen molar-refractivity contribution >= 4 is 34.2 Å². The highest BCUT2D eigenvalue weighted by atomic mass is 127. The van der Waals surface area contributed by atoms with Crippen molar-refractivity contribution in [1.82, 2.24) is 0 Å². The summed E-state index contributed by atoms with van der Waals surface area (Å²) in [5.74, 6) is 0.0932. The summed E-state index contributed by atoms with van der Waals surface area (Å²) < 4.78 is 12.9. The summed E-state index contributed by atoms with van der Waals surface area (Å²) in [5.41, 5.74) is -1.16. The van der Waals surface area contributed by atoms with E-state index in [0.717, 1.165) is 0 Å². The summed E-state index contributed by atoms with van der Waals surface area (Å²) in [7, 11) is 0. The van der Waals surface area contributed by atoms with Crippen LogP contribution in [0.4, 0.5) is 4.39 Å². The second-order valence-corrected chi connectivity index (χ2v) is 2.71. The quantitative estimate of drug-likeness (QED) is 0.510. The Morgan fingerprint density at radius 1 is 1.86 bits per heavy atom. The van der Waals surface area contributed by atoms with E-state index in [1.54, 1.807) is 0 Å². The molecule has 0 aliphatic rings. The molecule has 0 aliphatic heterocycles. The van der Waals surface area contributed by atoms with Crippen molar-refractivity contribution in [2.75, 3.05) is 10.3 Å². The Labute approximate surface area is 61.6 Å². The molecule has 0 spiro atoms. The lowest BCUT2D eigenvalue weighted by atomic mass is 10.2. The molecule has 0 saturated heterocycles. The minimum Gasteiger partial charge on any atom is -0.242 e. The van der Waals surface area contributed by atoms with E-state index in [1.807, 2.05) is 22.6 Å². The third kappa shape index (κ3) is 3.53. The van der Waals surface area contributed by atoms with Crippen molar-refractivity contribution in [1.29, 1.82) is 0 Å². The standard InChI is InChI=1S/C4H7ClFI/c1-4(6,2-5)3-7/h2-3H2,1H3. The van der Waals surface area contributed by atoms with Crippen LogP contribution in [0.25, 0.3) is 0 Å². The van der Waals surface area contributed by atoms with Gasteiger partial charge in [0.05, 0.1) is 5.88 Å². The monoisotopic (exact) mass is 236 g/mol. The summed E-state index contributed by atoms with van der Waals surface area (Å²) in [5, 5.41) is 0. The zero-order valence-electron chi connectivity index (χ0n) is 4.05. The van der Waals surface area contributed by atoms with Crippen LogP contribution in [0.15, 0.2) is 0 Å². The normalized spacial score (nSPS) is 18.9. The molecule has 1 unspecified atom stereocenters. The topological polar surface area (TPSA) is 0 Å². The van der Waals surface area contributed by atoms with Gasteiger partial charge in [-0.2, -0.15) is 0 Å². The predicted molar refractivity (Wildman–Crippen MR) is 39.1 cm³/mol. The first-order chi connectivity index (χ1) is 3.12. The molecule has 7 heavy (non-hydrogen) atoms. The zero-order valence-corrected chi connectivity index (χ0v) is 6.96. The minimum absolute atomic E-state index is 0.0932. The van der Waals surface area contributed by atoms with Crippen LogP contribution in [0.5, 0.6) is 0 Å². The molecule has 44 valence electrons. The maximum atomic E-state index is 12.4. The van der Waals surface area contributed by atoms with Crippen molar-refractivity contribution in [2.24, 2.45) is 0 Å². The molecule has 0 N–H and O–H groups in total. The maximum Gasteiger partial charge on any atom is 0.130 e. The van der Waals surface area contributed by atoms with E-state index in [4.69, 9.17) is 11.6 Å². The van der Waals surface area contributed by atoms with Gasteiger partial charge in [-0.25, -0.2) is 4.39 Å². The summed E-state index contributed by atoms with van der Waals surface area (Å²) in [4.78, 5) is 0. The van der Waals surface area contributed by atoms with Gasteiger partial charge in [0.1, 0.15) is 5.67 Å². The fourth-order valence-corrected chi connectivity index (χ4v) is 0.719. The molecule has 1 atom stereocenters. The average Bonchev–Trinajstić information content (AvgIpc) is 1.68. The molecule has 0 radical (unpaired) electrons. The zero-order chi connectivity index (χ0) is 5.91. The number of hydrogen-bond acceptors (Lipinski definition) is 0. The molecule has 3 heteroatoms. The lowest BCUT2D eigenvalue weighted by Crippen LogP contribution is -2.21. The smallest absolute Gasteiger partial charge is 0.130 e. The van der Waals surface area contributed by atoms with Crippen molar-refractivity contribution in [2.45, 2.75) is 12.6 Å². The lowest BCUT2D eigenvalue weighted by Gasteiger charge is -2.10. The Hall–Kier alpha value is 0.950. The second-order valence-electron chi connectivity index (χ2n) is 1.68. The third-order valence-corrected chi connectivity index (χ3v) is 2.70. The van der Waals surface area contributed by atoms with Crippen molar-refractivity contribution in [3.05, 3.63) is 0 Å². The van der Waals surface area contributed by atoms with Gasteiger partial charge in [-0.1, -0.05) is 22.6 Å². The van der Waals surface area contributed by atoms with Crippen LogP contribution in [-0.4, -0.2) is 16.0 Å². The van der Waals surface area contributed by atoms with Crippen molar-refractivity contribution in [3.63, 3.8) is 0 Å². The molecular formula is C4H7ClFI. The van der Waals surface area contributed by atoms with Crippen LogP contribution in [0.1, 0.15) is 6.92 Å². The first-order valence-corrected chi connectivity index (χ1v) is 3.99. The third-order valence-electron chi connectivity index (χ3n) is 0.557. The molecular weight excluding hydrogens is 229 g/mol. The molecule has 0 aromatic carbocycles. The molecule has 0 fully saturated rings. The second kappa shape index (κ2) is 3.07. The summed E-state index contributed by atoms with van der Waals surface area (Å²) in [6.45, 7) is 1.49. The summed E-state index contributed by atoms with van der Waals surface area (Å²) >= 11 is 7.18. The van der Waals surface area contributed by atoms with Crippen LogP contribution >= 0.6 is 34.2 Å². The molecule has 0 rings (SSSR count). The number of hydrogen-bond donors (Lipinski definition) is 0. The first kappa shape index (κ1) is 7.95. The SMILES string of the molecule is CC(F)(CCl)CI. The van der Waals surface area contributed by atoms with Crippen LogP contribution in [0.2, 0.25) is 0 Å².